The van der Waals surface area contributed by atoms with Gasteiger partial charge in [-0.3, -0.25) is 4.98 Å². The van der Waals surface area contributed by atoms with E-state index >= 15 is 0 Å². The first-order valence-electron chi connectivity index (χ1n) is 10.7. The Kier molecular flexibility index (Phi) is 4.63. The molecule has 2 aliphatic carbocycles. The molecule has 0 aliphatic heterocycles. The Morgan fingerprint density at radius 2 is 1.69 bits per heavy atom. The molecule has 0 saturated heterocycles. The zero-order valence-electron chi connectivity index (χ0n) is 17.2. The van der Waals surface area contributed by atoms with Gasteiger partial charge in [0.25, 0.3) is 0 Å². The molecule has 0 unspecified atom stereocenters. The van der Waals surface area contributed by atoms with Crippen LogP contribution in [0.5, 0.6) is 0 Å². The molecule has 0 fully saturated rings. The number of fused-ring (bicyclic) bond motifs is 4. The average molecular weight is 381 g/mol. The SMILES string of the molecule is C/C=C\C1=C(CC)CCc2c1[o+]c1c(c2-c2ccncc2)CCc2ccccc2-1. The number of aromatic nitrogens is 1. The number of rotatable bonds is 3. The molecule has 2 heterocycles. The van der Waals surface area contributed by atoms with Crippen molar-refractivity contribution in [3.05, 3.63) is 89.0 Å². The lowest BCUT2D eigenvalue weighted by Gasteiger charge is -2.22. The highest BCUT2D eigenvalue weighted by Gasteiger charge is 2.38. The van der Waals surface area contributed by atoms with Gasteiger partial charge in [0.15, 0.2) is 0 Å². The summed E-state index contributed by atoms with van der Waals surface area (Å²) in [4.78, 5) is 4.26. The molecule has 0 amide bonds. The van der Waals surface area contributed by atoms with Crippen molar-refractivity contribution in [2.75, 3.05) is 0 Å². The van der Waals surface area contributed by atoms with Gasteiger partial charge in [-0.15, -0.1) is 0 Å². The maximum atomic E-state index is 6.78. The molecular formula is C27H26NO+. The van der Waals surface area contributed by atoms with E-state index < -0.39 is 0 Å². The monoisotopic (exact) mass is 380 g/mol. The molecule has 2 nitrogen and oxygen atoms in total. The maximum Gasteiger partial charge on any atom is 0.364 e. The highest BCUT2D eigenvalue weighted by atomic mass is 16.3. The number of nitrogens with zero attached hydrogens (tertiary/aromatic N) is 1. The van der Waals surface area contributed by atoms with Gasteiger partial charge < -0.3 is 0 Å². The van der Waals surface area contributed by atoms with Crippen molar-refractivity contribution in [2.45, 2.75) is 46.0 Å². The van der Waals surface area contributed by atoms with E-state index in [0.29, 0.717) is 0 Å². The first-order valence-corrected chi connectivity index (χ1v) is 10.7. The Hall–Kier alpha value is -3.00. The van der Waals surface area contributed by atoms with Gasteiger partial charge in [-0.05, 0) is 74.4 Å². The summed E-state index contributed by atoms with van der Waals surface area (Å²) >= 11 is 0. The first kappa shape index (κ1) is 18.1. The van der Waals surface area contributed by atoms with Crippen LogP contribution in [0.25, 0.3) is 28.0 Å². The van der Waals surface area contributed by atoms with Gasteiger partial charge in [0.1, 0.15) is 0 Å². The fourth-order valence-electron chi connectivity index (χ4n) is 4.93. The van der Waals surface area contributed by atoms with Crippen molar-refractivity contribution >= 4 is 5.57 Å². The molecule has 0 spiro atoms. The van der Waals surface area contributed by atoms with Gasteiger partial charge >= 0.3 is 11.5 Å². The molecule has 3 aromatic rings. The van der Waals surface area contributed by atoms with Crippen LogP contribution in [0.4, 0.5) is 0 Å². The van der Waals surface area contributed by atoms with Crippen molar-refractivity contribution in [1.82, 2.24) is 4.98 Å². The largest absolute Gasteiger partial charge is 0.364 e. The fourth-order valence-corrected chi connectivity index (χ4v) is 4.93. The Morgan fingerprint density at radius 1 is 0.931 bits per heavy atom. The number of aryl methyl sites for hydroxylation is 1. The Bertz CT molecular complexity index is 1140. The van der Waals surface area contributed by atoms with Gasteiger partial charge in [0, 0.05) is 18.0 Å². The van der Waals surface area contributed by atoms with E-state index in [9.17, 15) is 0 Å². The van der Waals surface area contributed by atoms with Crippen LogP contribution in [0.3, 0.4) is 0 Å². The first-order chi connectivity index (χ1) is 14.3. The van der Waals surface area contributed by atoms with Gasteiger partial charge in [-0.1, -0.05) is 36.8 Å². The summed E-state index contributed by atoms with van der Waals surface area (Å²) in [5.41, 5.74) is 10.7. The van der Waals surface area contributed by atoms with E-state index in [1.807, 2.05) is 12.4 Å². The zero-order chi connectivity index (χ0) is 19.8. The predicted octanol–water partition coefficient (Wildman–Crippen LogP) is 7.07. The minimum absolute atomic E-state index is 1.02. The molecule has 29 heavy (non-hydrogen) atoms. The van der Waals surface area contributed by atoms with Crippen LogP contribution in [0.15, 0.2) is 70.9 Å². The van der Waals surface area contributed by atoms with E-state index in [0.717, 1.165) is 43.6 Å². The van der Waals surface area contributed by atoms with Crippen LogP contribution in [0, 0.1) is 0 Å². The van der Waals surface area contributed by atoms with Crippen LogP contribution in [0.1, 0.15) is 49.1 Å². The number of hydrogen-bond donors (Lipinski definition) is 0. The van der Waals surface area contributed by atoms with Crippen LogP contribution in [0.2, 0.25) is 0 Å². The summed E-state index contributed by atoms with van der Waals surface area (Å²) in [6, 6.07) is 13.0. The molecule has 0 N–H and O–H groups in total. The van der Waals surface area contributed by atoms with Crippen molar-refractivity contribution in [3.63, 3.8) is 0 Å². The predicted molar refractivity (Wildman–Crippen MR) is 120 cm³/mol. The highest BCUT2D eigenvalue weighted by Crippen LogP contribution is 2.46. The molecule has 0 bridgehead atoms. The summed E-state index contributed by atoms with van der Waals surface area (Å²) in [5, 5.41) is 0. The molecule has 0 radical (unpaired) electrons. The number of allylic oxidation sites excluding steroid dienone is 4. The van der Waals surface area contributed by atoms with Gasteiger partial charge in [-0.25, -0.2) is 4.42 Å². The normalized spacial score (nSPS) is 15.2. The Morgan fingerprint density at radius 3 is 2.48 bits per heavy atom. The summed E-state index contributed by atoms with van der Waals surface area (Å²) in [6.07, 6.45) is 13.5. The lowest BCUT2D eigenvalue weighted by atomic mass is 9.79. The summed E-state index contributed by atoms with van der Waals surface area (Å²) in [5.74, 6) is 2.12. The minimum atomic E-state index is 1.02. The molecule has 0 saturated carbocycles. The van der Waals surface area contributed by atoms with Gasteiger partial charge in [-0.2, -0.15) is 0 Å². The lowest BCUT2D eigenvalue weighted by Crippen LogP contribution is -2.13. The molecule has 2 aliphatic rings. The molecule has 2 heteroatoms. The summed E-state index contributed by atoms with van der Waals surface area (Å²) in [6.45, 7) is 4.34. The average Bonchev–Trinajstić information content (AvgIpc) is 2.78. The van der Waals surface area contributed by atoms with E-state index in [-0.39, 0.29) is 0 Å². The maximum absolute atomic E-state index is 6.78. The van der Waals surface area contributed by atoms with Crippen LogP contribution < -0.4 is 0 Å². The smallest absolute Gasteiger partial charge is 0.265 e. The minimum Gasteiger partial charge on any atom is -0.265 e. The van der Waals surface area contributed by atoms with E-state index in [1.165, 1.54) is 44.5 Å². The third kappa shape index (κ3) is 2.95. The molecular weight excluding hydrogens is 354 g/mol. The second kappa shape index (κ2) is 7.44. The standard InChI is InChI=1S/C27H26NO/c1-3-7-21-18(4-2)10-12-23-25(20-14-16-28-17-15-20)24-13-11-19-8-5-6-9-22(19)27(24)29-26(21)23/h3,5-9,14-17H,4,10-13H2,1-2H3/q+1/b7-3-. The molecule has 144 valence electrons. The molecule has 0 atom stereocenters. The van der Waals surface area contributed by atoms with E-state index in [2.05, 4.69) is 67.4 Å². The summed E-state index contributed by atoms with van der Waals surface area (Å²) in [7, 11) is 0. The number of benzene rings is 1. The van der Waals surface area contributed by atoms with Crippen molar-refractivity contribution in [1.29, 1.82) is 0 Å². The zero-order valence-corrected chi connectivity index (χ0v) is 17.2. The van der Waals surface area contributed by atoms with Gasteiger partial charge in [0.2, 0.25) is 0 Å². The third-order valence-electron chi connectivity index (χ3n) is 6.29. The third-order valence-corrected chi connectivity index (χ3v) is 6.29. The van der Waals surface area contributed by atoms with E-state index in [4.69, 9.17) is 4.42 Å². The molecule has 5 rings (SSSR count). The second-order valence-electron chi connectivity index (χ2n) is 7.86. The Balaban J connectivity index is 1.88. The Labute approximate surface area is 172 Å². The fraction of sp³-hybridized carbons (Fsp3) is 0.259. The van der Waals surface area contributed by atoms with Gasteiger partial charge in [0.05, 0.1) is 22.3 Å². The van der Waals surface area contributed by atoms with Crippen molar-refractivity contribution in [2.24, 2.45) is 0 Å². The highest BCUT2D eigenvalue weighted by molar-refractivity contribution is 5.87. The lowest BCUT2D eigenvalue weighted by molar-refractivity contribution is 0.527. The van der Waals surface area contributed by atoms with Crippen molar-refractivity contribution in [3.8, 4) is 22.5 Å². The number of hydrogen-bond acceptors (Lipinski definition) is 1. The van der Waals surface area contributed by atoms with Crippen LogP contribution in [-0.4, -0.2) is 4.98 Å². The number of pyridine rings is 1. The van der Waals surface area contributed by atoms with E-state index in [1.54, 1.807) is 0 Å². The van der Waals surface area contributed by atoms with Crippen LogP contribution >= 0.6 is 0 Å². The van der Waals surface area contributed by atoms with Crippen LogP contribution in [-0.2, 0) is 19.3 Å². The molecule has 1 aromatic carbocycles. The second-order valence-corrected chi connectivity index (χ2v) is 7.86. The summed E-state index contributed by atoms with van der Waals surface area (Å²) < 4.78 is 6.78. The molecule has 2 aromatic heterocycles. The van der Waals surface area contributed by atoms with Crippen molar-refractivity contribution < 1.29 is 4.42 Å². The topological polar surface area (TPSA) is 24.2 Å². The quantitative estimate of drug-likeness (QED) is 0.454.